The summed E-state index contributed by atoms with van der Waals surface area (Å²) in [6.07, 6.45) is 10.3. The number of hydrogen-bond acceptors (Lipinski definition) is 3. The molecule has 2 aromatic rings. The molecular formula is C21H29N3. The summed E-state index contributed by atoms with van der Waals surface area (Å²) in [4.78, 5) is 4.16. The number of hydrogen-bond donors (Lipinski definition) is 2. The predicted molar refractivity (Wildman–Crippen MR) is 102 cm³/mol. The molecule has 1 aromatic heterocycles. The standard InChI is InChI=1S/C21H29N3/c1-16(13-17-5-3-2-4-6-17)23-14-18-7-9-19(10-8-18)20-11-12-21(22)24-15-20/h7-12,15-17,23H,2-6,13-14H2,1H3,(H2,22,24)/t16-/m0/s1. The van der Waals surface area contributed by atoms with Gasteiger partial charge in [-0.1, -0.05) is 56.4 Å². The molecule has 128 valence electrons. The quantitative estimate of drug-likeness (QED) is 0.804. The van der Waals surface area contributed by atoms with Crippen LogP contribution in [0.4, 0.5) is 5.82 Å². The Morgan fingerprint density at radius 2 is 1.75 bits per heavy atom. The Kier molecular flexibility index (Phi) is 5.86. The van der Waals surface area contributed by atoms with Crippen LogP contribution in [0.25, 0.3) is 11.1 Å². The van der Waals surface area contributed by atoms with Crippen molar-refractivity contribution in [1.82, 2.24) is 10.3 Å². The molecule has 0 spiro atoms. The molecule has 1 fully saturated rings. The zero-order valence-corrected chi connectivity index (χ0v) is 14.7. The number of aromatic nitrogens is 1. The number of nitrogens with zero attached hydrogens (tertiary/aromatic N) is 1. The number of nitrogens with one attached hydrogen (secondary N) is 1. The van der Waals surface area contributed by atoms with Gasteiger partial charge in [0, 0.05) is 24.3 Å². The highest BCUT2D eigenvalue weighted by Crippen LogP contribution is 2.27. The van der Waals surface area contributed by atoms with Gasteiger partial charge in [0.2, 0.25) is 0 Å². The summed E-state index contributed by atoms with van der Waals surface area (Å²) in [5.41, 5.74) is 9.26. The van der Waals surface area contributed by atoms with Crippen molar-refractivity contribution in [2.24, 2.45) is 5.92 Å². The highest BCUT2D eigenvalue weighted by Gasteiger charge is 2.16. The minimum atomic E-state index is 0.562. The smallest absolute Gasteiger partial charge is 0.123 e. The summed E-state index contributed by atoms with van der Waals surface area (Å²) in [6.45, 7) is 3.26. The molecular weight excluding hydrogens is 294 g/mol. The van der Waals surface area contributed by atoms with Crippen molar-refractivity contribution in [3.05, 3.63) is 48.2 Å². The first-order valence-corrected chi connectivity index (χ1v) is 9.25. The Morgan fingerprint density at radius 1 is 1.04 bits per heavy atom. The SMILES string of the molecule is C[C@@H](CC1CCCCC1)NCc1ccc(-c2ccc(N)nc2)cc1. The van der Waals surface area contributed by atoms with Crippen LogP contribution < -0.4 is 11.1 Å². The van der Waals surface area contributed by atoms with Crippen molar-refractivity contribution in [2.75, 3.05) is 5.73 Å². The maximum Gasteiger partial charge on any atom is 0.123 e. The van der Waals surface area contributed by atoms with Gasteiger partial charge in [0.1, 0.15) is 5.82 Å². The summed E-state index contributed by atoms with van der Waals surface area (Å²) in [7, 11) is 0. The molecule has 24 heavy (non-hydrogen) atoms. The second kappa shape index (κ2) is 8.29. The Hall–Kier alpha value is -1.87. The van der Waals surface area contributed by atoms with Gasteiger partial charge in [-0.2, -0.15) is 0 Å². The molecule has 3 rings (SSSR count). The molecule has 1 aliphatic rings. The van der Waals surface area contributed by atoms with Crippen molar-refractivity contribution < 1.29 is 0 Å². The molecule has 0 saturated heterocycles. The van der Waals surface area contributed by atoms with Crippen LogP contribution in [-0.4, -0.2) is 11.0 Å². The third-order valence-electron chi connectivity index (χ3n) is 5.14. The number of anilines is 1. The number of nitrogen functional groups attached to an aromatic ring is 1. The highest BCUT2D eigenvalue weighted by atomic mass is 14.9. The lowest BCUT2D eigenvalue weighted by molar-refractivity contribution is 0.304. The van der Waals surface area contributed by atoms with E-state index in [2.05, 4.69) is 41.5 Å². The van der Waals surface area contributed by atoms with Crippen LogP contribution in [0.3, 0.4) is 0 Å². The fraction of sp³-hybridized carbons (Fsp3) is 0.476. The third-order valence-corrected chi connectivity index (χ3v) is 5.14. The van der Waals surface area contributed by atoms with E-state index in [0.29, 0.717) is 11.9 Å². The van der Waals surface area contributed by atoms with Crippen molar-refractivity contribution in [3.63, 3.8) is 0 Å². The average Bonchev–Trinajstić information content (AvgIpc) is 2.62. The predicted octanol–water partition coefficient (Wildman–Crippen LogP) is 4.78. The van der Waals surface area contributed by atoms with Gasteiger partial charge in [0.25, 0.3) is 0 Å². The Labute approximate surface area is 145 Å². The van der Waals surface area contributed by atoms with Gasteiger partial charge in [0.05, 0.1) is 0 Å². The molecule has 3 heteroatoms. The van der Waals surface area contributed by atoms with Gasteiger partial charge in [-0.3, -0.25) is 0 Å². The number of benzene rings is 1. The molecule has 1 atom stereocenters. The molecule has 3 N–H and O–H groups in total. The first-order valence-electron chi connectivity index (χ1n) is 9.25. The van der Waals surface area contributed by atoms with E-state index in [1.807, 2.05) is 18.3 Å². The van der Waals surface area contributed by atoms with Crippen LogP contribution >= 0.6 is 0 Å². The number of nitrogens with two attached hydrogens (primary N) is 1. The molecule has 1 aromatic carbocycles. The van der Waals surface area contributed by atoms with E-state index < -0.39 is 0 Å². The van der Waals surface area contributed by atoms with Gasteiger partial charge in [0.15, 0.2) is 0 Å². The molecule has 3 nitrogen and oxygen atoms in total. The van der Waals surface area contributed by atoms with Crippen molar-refractivity contribution >= 4 is 5.82 Å². The summed E-state index contributed by atoms with van der Waals surface area (Å²) in [5.74, 6) is 1.49. The summed E-state index contributed by atoms with van der Waals surface area (Å²) < 4.78 is 0. The van der Waals surface area contributed by atoms with Crippen LogP contribution in [0.15, 0.2) is 42.6 Å². The summed E-state index contributed by atoms with van der Waals surface area (Å²) >= 11 is 0. The van der Waals surface area contributed by atoms with E-state index in [-0.39, 0.29) is 0 Å². The van der Waals surface area contributed by atoms with Crippen molar-refractivity contribution in [3.8, 4) is 11.1 Å². The van der Waals surface area contributed by atoms with E-state index in [1.165, 1.54) is 49.7 Å². The van der Waals surface area contributed by atoms with Crippen LogP contribution in [0.2, 0.25) is 0 Å². The summed E-state index contributed by atoms with van der Waals surface area (Å²) in [5, 5.41) is 3.68. The molecule has 0 radical (unpaired) electrons. The van der Waals surface area contributed by atoms with Crippen LogP contribution in [0.5, 0.6) is 0 Å². The highest BCUT2D eigenvalue weighted by molar-refractivity contribution is 5.63. The normalized spacial score (nSPS) is 16.9. The Morgan fingerprint density at radius 3 is 2.42 bits per heavy atom. The lowest BCUT2D eigenvalue weighted by Gasteiger charge is -2.25. The van der Waals surface area contributed by atoms with Gasteiger partial charge in [-0.25, -0.2) is 4.98 Å². The first-order chi connectivity index (χ1) is 11.7. The fourth-order valence-corrected chi connectivity index (χ4v) is 3.69. The van der Waals surface area contributed by atoms with Gasteiger partial charge < -0.3 is 11.1 Å². The zero-order chi connectivity index (χ0) is 16.8. The van der Waals surface area contributed by atoms with Crippen molar-refractivity contribution in [2.45, 2.75) is 58.0 Å². The zero-order valence-electron chi connectivity index (χ0n) is 14.7. The van der Waals surface area contributed by atoms with Gasteiger partial charge in [-0.05, 0) is 42.5 Å². The van der Waals surface area contributed by atoms with E-state index >= 15 is 0 Å². The Balaban J connectivity index is 1.49. The number of rotatable bonds is 6. The van der Waals surface area contributed by atoms with Gasteiger partial charge in [-0.15, -0.1) is 0 Å². The van der Waals surface area contributed by atoms with E-state index in [1.54, 1.807) is 0 Å². The third kappa shape index (κ3) is 4.81. The van der Waals surface area contributed by atoms with E-state index in [9.17, 15) is 0 Å². The van der Waals surface area contributed by atoms with Crippen LogP contribution in [0, 0.1) is 5.92 Å². The molecule has 1 saturated carbocycles. The van der Waals surface area contributed by atoms with E-state index in [4.69, 9.17) is 5.73 Å². The van der Waals surface area contributed by atoms with Crippen LogP contribution in [-0.2, 0) is 6.54 Å². The molecule has 1 aliphatic carbocycles. The second-order valence-corrected chi connectivity index (χ2v) is 7.19. The Bertz CT molecular complexity index is 613. The maximum absolute atomic E-state index is 5.64. The first kappa shape index (κ1) is 17.0. The average molecular weight is 323 g/mol. The molecule has 0 amide bonds. The second-order valence-electron chi connectivity index (χ2n) is 7.19. The maximum atomic E-state index is 5.64. The van der Waals surface area contributed by atoms with Crippen molar-refractivity contribution in [1.29, 1.82) is 0 Å². The van der Waals surface area contributed by atoms with Gasteiger partial charge >= 0.3 is 0 Å². The fourth-order valence-electron chi connectivity index (χ4n) is 3.69. The monoisotopic (exact) mass is 323 g/mol. The lowest BCUT2D eigenvalue weighted by Crippen LogP contribution is -2.28. The lowest BCUT2D eigenvalue weighted by atomic mass is 9.85. The molecule has 0 unspecified atom stereocenters. The summed E-state index contributed by atoms with van der Waals surface area (Å²) in [6, 6.07) is 13.2. The minimum Gasteiger partial charge on any atom is -0.384 e. The minimum absolute atomic E-state index is 0.562. The molecule has 1 heterocycles. The topological polar surface area (TPSA) is 50.9 Å². The largest absolute Gasteiger partial charge is 0.384 e. The number of pyridine rings is 1. The van der Waals surface area contributed by atoms with E-state index in [0.717, 1.165) is 18.0 Å². The molecule has 0 aliphatic heterocycles. The van der Waals surface area contributed by atoms with Crippen LogP contribution in [0.1, 0.15) is 51.0 Å². The molecule has 0 bridgehead atoms.